The largest absolute Gasteiger partial charge is 0.491 e. The van der Waals surface area contributed by atoms with Gasteiger partial charge in [0.25, 0.3) is 5.91 Å². The number of rotatable bonds is 5. The molecule has 0 radical (unpaired) electrons. The third-order valence-corrected chi connectivity index (χ3v) is 7.20. The summed E-state index contributed by atoms with van der Waals surface area (Å²) in [5.74, 6) is 0.436. The molecule has 1 fully saturated rings. The van der Waals surface area contributed by atoms with Crippen molar-refractivity contribution in [3.8, 4) is 5.75 Å². The Labute approximate surface area is 209 Å². The standard InChI is InChI=1S/C27H41N3O5/c1-6-9-25(31)28-21-12-13-22-23(14-21)35-17-19(3)30(26(32)20-10-7-8-11-20)15-18(2)24(34-5)16-29(4)27(22)33/h12-14,18-20,24H,6-11,15-17H2,1-5H3,(H,28,31)/t18-,19+,24+/m0/s1. The lowest BCUT2D eigenvalue weighted by molar-refractivity contribution is -0.139. The summed E-state index contributed by atoms with van der Waals surface area (Å²) in [6.45, 7) is 7.20. The molecule has 0 saturated heterocycles. The summed E-state index contributed by atoms with van der Waals surface area (Å²) in [7, 11) is 3.40. The molecule has 8 nitrogen and oxygen atoms in total. The van der Waals surface area contributed by atoms with Crippen LogP contribution in [0, 0.1) is 11.8 Å². The molecule has 2 aliphatic rings. The Morgan fingerprint density at radius 3 is 2.54 bits per heavy atom. The van der Waals surface area contributed by atoms with Gasteiger partial charge in [0, 0.05) is 57.3 Å². The van der Waals surface area contributed by atoms with Crippen LogP contribution < -0.4 is 10.1 Å². The highest BCUT2D eigenvalue weighted by atomic mass is 16.5. The van der Waals surface area contributed by atoms with Gasteiger partial charge in [0.15, 0.2) is 0 Å². The maximum Gasteiger partial charge on any atom is 0.257 e. The molecule has 3 rings (SSSR count). The van der Waals surface area contributed by atoms with Gasteiger partial charge in [0.1, 0.15) is 12.4 Å². The van der Waals surface area contributed by atoms with Crippen molar-refractivity contribution >= 4 is 23.4 Å². The molecule has 0 bridgehead atoms. The maximum absolute atomic E-state index is 13.5. The Bertz CT molecular complexity index is 899. The zero-order chi connectivity index (χ0) is 25.5. The van der Waals surface area contributed by atoms with Gasteiger partial charge in [-0.25, -0.2) is 0 Å². The van der Waals surface area contributed by atoms with Crippen LogP contribution in [0.3, 0.4) is 0 Å². The third-order valence-electron chi connectivity index (χ3n) is 7.20. The van der Waals surface area contributed by atoms with E-state index in [0.717, 1.165) is 32.1 Å². The van der Waals surface area contributed by atoms with E-state index in [2.05, 4.69) is 12.2 Å². The highest BCUT2D eigenvalue weighted by Gasteiger charge is 2.34. The third kappa shape index (κ3) is 6.75. The number of likely N-dealkylation sites (N-methyl/N-ethyl adjacent to an activating group) is 1. The van der Waals surface area contributed by atoms with Crippen molar-refractivity contribution in [2.45, 2.75) is 71.4 Å². The van der Waals surface area contributed by atoms with Crippen molar-refractivity contribution in [3.05, 3.63) is 23.8 Å². The van der Waals surface area contributed by atoms with Gasteiger partial charge in [-0.3, -0.25) is 14.4 Å². The molecule has 1 saturated carbocycles. The average molecular weight is 488 g/mol. The minimum atomic E-state index is -0.216. The molecule has 3 atom stereocenters. The van der Waals surface area contributed by atoms with Gasteiger partial charge in [-0.05, 0) is 38.3 Å². The molecule has 8 heteroatoms. The predicted molar refractivity (Wildman–Crippen MR) is 136 cm³/mol. The van der Waals surface area contributed by atoms with Crippen molar-refractivity contribution in [1.82, 2.24) is 9.80 Å². The van der Waals surface area contributed by atoms with Crippen LogP contribution in [0.4, 0.5) is 5.69 Å². The van der Waals surface area contributed by atoms with Crippen LogP contribution >= 0.6 is 0 Å². The van der Waals surface area contributed by atoms with Crippen molar-refractivity contribution in [2.75, 3.05) is 39.2 Å². The Hall–Kier alpha value is -2.61. The number of methoxy groups -OCH3 is 1. The molecule has 194 valence electrons. The number of fused-ring (bicyclic) bond motifs is 1. The number of anilines is 1. The molecule has 1 aliphatic heterocycles. The zero-order valence-electron chi connectivity index (χ0n) is 21.8. The molecule has 35 heavy (non-hydrogen) atoms. The average Bonchev–Trinajstić information content (AvgIpc) is 3.38. The van der Waals surface area contributed by atoms with Gasteiger partial charge < -0.3 is 24.6 Å². The number of hydrogen-bond acceptors (Lipinski definition) is 5. The molecule has 0 spiro atoms. The summed E-state index contributed by atoms with van der Waals surface area (Å²) >= 11 is 0. The second-order valence-corrected chi connectivity index (χ2v) is 10.1. The number of hydrogen-bond donors (Lipinski definition) is 1. The van der Waals surface area contributed by atoms with E-state index < -0.39 is 0 Å². The van der Waals surface area contributed by atoms with Gasteiger partial charge in [-0.2, -0.15) is 0 Å². The second-order valence-electron chi connectivity index (χ2n) is 10.1. The molecule has 1 heterocycles. The molecule has 1 N–H and O–H groups in total. The summed E-state index contributed by atoms with van der Waals surface area (Å²) in [6, 6.07) is 4.94. The number of amides is 3. The highest BCUT2D eigenvalue weighted by Crippen LogP contribution is 2.30. The van der Waals surface area contributed by atoms with Crippen LogP contribution in [0.15, 0.2) is 18.2 Å². The summed E-state index contributed by atoms with van der Waals surface area (Å²) < 4.78 is 12.0. The van der Waals surface area contributed by atoms with E-state index in [4.69, 9.17) is 9.47 Å². The fraction of sp³-hybridized carbons (Fsp3) is 0.667. The maximum atomic E-state index is 13.5. The van der Waals surface area contributed by atoms with Crippen molar-refractivity contribution < 1.29 is 23.9 Å². The Morgan fingerprint density at radius 2 is 1.89 bits per heavy atom. The van der Waals surface area contributed by atoms with E-state index in [1.807, 2.05) is 18.7 Å². The molecular formula is C27H41N3O5. The molecule has 1 aliphatic carbocycles. The van der Waals surface area contributed by atoms with Gasteiger partial charge >= 0.3 is 0 Å². The number of carbonyl (C=O) groups excluding carboxylic acids is 3. The second kappa shape index (κ2) is 12.4. The summed E-state index contributed by atoms with van der Waals surface area (Å²) in [5, 5.41) is 2.87. The van der Waals surface area contributed by atoms with E-state index in [0.29, 0.717) is 36.5 Å². The van der Waals surface area contributed by atoms with Crippen molar-refractivity contribution in [1.29, 1.82) is 0 Å². The lowest BCUT2D eigenvalue weighted by Crippen LogP contribution is -2.50. The normalized spacial score (nSPS) is 24.3. The number of carbonyl (C=O) groups is 3. The molecule has 0 unspecified atom stereocenters. The van der Waals surface area contributed by atoms with Gasteiger partial charge in [-0.15, -0.1) is 0 Å². The Balaban J connectivity index is 1.93. The molecule has 3 amide bonds. The van der Waals surface area contributed by atoms with Gasteiger partial charge in [0.05, 0.1) is 17.7 Å². The summed E-state index contributed by atoms with van der Waals surface area (Å²) in [4.78, 5) is 42.5. The number of ether oxygens (including phenoxy) is 2. The van der Waals surface area contributed by atoms with E-state index in [-0.39, 0.29) is 48.3 Å². The topological polar surface area (TPSA) is 88.2 Å². The minimum absolute atomic E-state index is 0.0399. The lowest BCUT2D eigenvalue weighted by atomic mass is 9.99. The van der Waals surface area contributed by atoms with Crippen LogP contribution in [0.2, 0.25) is 0 Å². The Morgan fingerprint density at radius 1 is 1.17 bits per heavy atom. The minimum Gasteiger partial charge on any atom is -0.491 e. The highest BCUT2D eigenvalue weighted by molar-refractivity contribution is 5.98. The van der Waals surface area contributed by atoms with Crippen LogP contribution in [0.5, 0.6) is 5.75 Å². The smallest absolute Gasteiger partial charge is 0.257 e. The summed E-state index contributed by atoms with van der Waals surface area (Å²) in [6.07, 6.45) is 5.02. The number of benzene rings is 1. The van der Waals surface area contributed by atoms with Gasteiger partial charge in [-0.1, -0.05) is 26.7 Å². The van der Waals surface area contributed by atoms with E-state index in [1.165, 1.54) is 0 Å². The zero-order valence-corrected chi connectivity index (χ0v) is 21.8. The van der Waals surface area contributed by atoms with Crippen LogP contribution in [-0.2, 0) is 14.3 Å². The fourth-order valence-electron chi connectivity index (χ4n) is 5.01. The van der Waals surface area contributed by atoms with Crippen molar-refractivity contribution in [3.63, 3.8) is 0 Å². The monoisotopic (exact) mass is 487 g/mol. The van der Waals surface area contributed by atoms with Gasteiger partial charge in [0.2, 0.25) is 11.8 Å². The predicted octanol–water partition coefficient (Wildman–Crippen LogP) is 3.95. The SMILES string of the molecule is CCCC(=O)Nc1ccc2c(c1)OC[C@@H](C)N(C(=O)C1CCCC1)C[C@H](C)[C@H](OC)CN(C)C2=O. The van der Waals surface area contributed by atoms with Crippen LogP contribution in [-0.4, -0.2) is 73.5 Å². The van der Waals surface area contributed by atoms with Crippen LogP contribution in [0.25, 0.3) is 0 Å². The first-order valence-electron chi connectivity index (χ1n) is 12.9. The molecule has 1 aromatic carbocycles. The first-order chi connectivity index (χ1) is 16.7. The Kier molecular flexibility index (Phi) is 9.55. The van der Waals surface area contributed by atoms with Crippen molar-refractivity contribution in [2.24, 2.45) is 11.8 Å². The fourth-order valence-corrected chi connectivity index (χ4v) is 5.01. The molecule has 1 aromatic rings. The number of nitrogens with zero attached hydrogens (tertiary/aromatic N) is 2. The summed E-state index contributed by atoms with van der Waals surface area (Å²) in [5.41, 5.74) is 1.00. The van der Waals surface area contributed by atoms with E-state index in [9.17, 15) is 14.4 Å². The lowest BCUT2D eigenvalue weighted by Gasteiger charge is -2.37. The first kappa shape index (κ1) is 27.0. The number of nitrogens with one attached hydrogen (secondary N) is 1. The molecular weight excluding hydrogens is 446 g/mol. The molecule has 0 aromatic heterocycles. The first-order valence-corrected chi connectivity index (χ1v) is 12.9. The van der Waals surface area contributed by atoms with Crippen LogP contribution in [0.1, 0.15) is 69.7 Å². The van der Waals surface area contributed by atoms with E-state index >= 15 is 0 Å². The quantitative estimate of drug-likeness (QED) is 0.680. The van der Waals surface area contributed by atoms with E-state index in [1.54, 1.807) is 37.3 Å².